The number of nitrogen functional groups attached to an aromatic ring is 1. The van der Waals surface area contributed by atoms with E-state index in [1.165, 1.54) is 13.1 Å². The largest absolute Gasteiger partial charge is 0.398 e. The smallest absolute Gasteiger partial charge is 0.245 e. The van der Waals surface area contributed by atoms with E-state index >= 15 is 0 Å². The van der Waals surface area contributed by atoms with Crippen LogP contribution in [0.2, 0.25) is 0 Å². The summed E-state index contributed by atoms with van der Waals surface area (Å²) in [6.07, 6.45) is 0. The number of likely N-dealkylation sites (N-methyl/N-ethyl adjacent to an activating group) is 1. The van der Waals surface area contributed by atoms with Gasteiger partial charge < -0.3 is 5.73 Å². The molecule has 0 aliphatic heterocycles. The molecule has 1 aromatic rings. The lowest BCUT2D eigenvalue weighted by Crippen LogP contribution is -2.29. The highest BCUT2D eigenvalue weighted by atomic mass is 32.2. The lowest BCUT2D eigenvalue weighted by Gasteiger charge is -2.18. The van der Waals surface area contributed by atoms with Crippen molar-refractivity contribution in [3.05, 3.63) is 36.2 Å². The summed E-state index contributed by atoms with van der Waals surface area (Å²) in [4.78, 5) is -0.221. The summed E-state index contributed by atoms with van der Waals surface area (Å²) in [6, 6.07) is 3.27. The molecule has 0 bridgehead atoms. The number of nitrogens with two attached hydrogens (primary N) is 1. The molecule has 0 fully saturated rings. The molecule has 0 aromatic heterocycles. The van der Waals surface area contributed by atoms with Gasteiger partial charge in [0.15, 0.2) is 0 Å². The molecule has 6 heteroatoms. The quantitative estimate of drug-likeness (QED) is 0.659. The number of hydrogen-bond donors (Lipinski definition) is 1. The molecular weight excluding hydrogens is 243 g/mol. The molecule has 0 radical (unpaired) electrons. The number of anilines is 1. The van der Waals surface area contributed by atoms with Crippen molar-refractivity contribution in [3.63, 3.8) is 0 Å². The number of nitrogens with zero attached hydrogens (tertiary/aromatic N) is 1. The molecule has 0 unspecified atom stereocenters. The molecule has 1 rings (SSSR count). The van der Waals surface area contributed by atoms with Gasteiger partial charge >= 0.3 is 0 Å². The topological polar surface area (TPSA) is 63.4 Å². The van der Waals surface area contributed by atoms with Crippen molar-refractivity contribution >= 4 is 15.7 Å². The minimum absolute atomic E-state index is 0.0277. The number of benzene rings is 1. The van der Waals surface area contributed by atoms with E-state index in [4.69, 9.17) is 5.73 Å². The first-order valence-electron chi connectivity index (χ1n) is 4.91. The van der Waals surface area contributed by atoms with Gasteiger partial charge in [-0.25, -0.2) is 12.8 Å². The van der Waals surface area contributed by atoms with Gasteiger partial charge in [-0.3, -0.25) is 0 Å². The number of sulfonamides is 1. The van der Waals surface area contributed by atoms with Crippen LogP contribution in [0.1, 0.15) is 6.92 Å². The third-order valence-corrected chi connectivity index (χ3v) is 4.02. The third-order valence-electron chi connectivity index (χ3n) is 2.16. The third kappa shape index (κ3) is 3.04. The predicted molar refractivity (Wildman–Crippen MR) is 65.4 cm³/mol. The summed E-state index contributed by atoms with van der Waals surface area (Å²) in [5.74, 6) is -0.638. The molecule has 0 heterocycles. The van der Waals surface area contributed by atoms with E-state index < -0.39 is 15.8 Å². The lowest BCUT2D eigenvalue weighted by molar-refractivity contribution is 0.492. The van der Waals surface area contributed by atoms with E-state index in [1.807, 2.05) is 0 Å². The zero-order valence-electron chi connectivity index (χ0n) is 9.77. The summed E-state index contributed by atoms with van der Waals surface area (Å²) in [5, 5.41) is 0. The van der Waals surface area contributed by atoms with Crippen LogP contribution >= 0.6 is 0 Å². The molecule has 0 saturated carbocycles. The number of hydrogen-bond acceptors (Lipinski definition) is 3. The minimum atomic E-state index is -3.78. The molecule has 0 aliphatic carbocycles. The molecule has 1 aromatic carbocycles. The Labute approximate surface area is 101 Å². The molecule has 17 heavy (non-hydrogen) atoms. The van der Waals surface area contributed by atoms with Crippen LogP contribution in [0.25, 0.3) is 0 Å². The van der Waals surface area contributed by atoms with E-state index in [0.717, 1.165) is 16.4 Å². The number of halogens is 1. The zero-order valence-corrected chi connectivity index (χ0v) is 10.6. The summed E-state index contributed by atoms with van der Waals surface area (Å²) >= 11 is 0. The Bertz CT molecular complexity index is 540. The molecule has 0 amide bonds. The molecule has 0 aliphatic rings. The molecule has 2 N–H and O–H groups in total. The van der Waals surface area contributed by atoms with Gasteiger partial charge in [0, 0.05) is 13.6 Å². The van der Waals surface area contributed by atoms with E-state index in [9.17, 15) is 12.8 Å². The van der Waals surface area contributed by atoms with Crippen LogP contribution in [-0.2, 0) is 10.0 Å². The summed E-state index contributed by atoms with van der Waals surface area (Å²) < 4.78 is 38.3. The van der Waals surface area contributed by atoms with Gasteiger partial charge in [-0.1, -0.05) is 12.2 Å². The van der Waals surface area contributed by atoms with Crippen LogP contribution in [0.5, 0.6) is 0 Å². The fourth-order valence-electron chi connectivity index (χ4n) is 1.36. The van der Waals surface area contributed by atoms with E-state index in [2.05, 4.69) is 6.58 Å². The Balaban J connectivity index is 3.21. The van der Waals surface area contributed by atoms with Crippen molar-refractivity contribution in [1.82, 2.24) is 4.31 Å². The van der Waals surface area contributed by atoms with Crippen LogP contribution < -0.4 is 5.73 Å². The van der Waals surface area contributed by atoms with Crippen molar-refractivity contribution < 1.29 is 12.8 Å². The molecular formula is C11H15FN2O2S. The van der Waals surface area contributed by atoms with E-state index in [0.29, 0.717) is 5.57 Å². The molecule has 94 valence electrons. The van der Waals surface area contributed by atoms with Gasteiger partial charge in [-0.15, -0.1) is 0 Å². The summed E-state index contributed by atoms with van der Waals surface area (Å²) in [5.41, 5.74) is 6.26. The van der Waals surface area contributed by atoms with Gasteiger partial charge in [-0.2, -0.15) is 4.31 Å². The Morgan fingerprint density at radius 1 is 1.53 bits per heavy atom. The highest BCUT2D eigenvalue weighted by molar-refractivity contribution is 7.89. The van der Waals surface area contributed by atoms with Gasteiger partial charge in [0.1, 0.15) is 10.7 Å². The normalized spacial score (nSPS) is 11.8. The van der Waals surface area contributed by atoms with Crippen LogP contribution in [-0.4, -0.2) is 26.3 Å². The second-order valence-corrected chi connectivity index (χ2v) is 5.91. The van der Waals surface area contributed by atoms with Crippen LogP contribution in [0.15, 0.2) is 35.2 Å². The Morgan fingerprint density at radius 2 is 2.12 bits per heavy atom. The molecule has 0 atom stereocenters. The summed E-state index contributed by atoms with van der Waals surface area (Å²) in [7, 11) is -2.38. The first-order chi connectivity index (χ1) is 7.75. The predicted octanol–water partition coefficient (Wildman–Crippen LogP) is 1.60. The Morgan fingerprint density at radius 3 is 2.65 bits per heavy atom. The van der Waals surface area contributed by atoms with Crippen molar-refractivity contribution in [1.29, 1.82) is 0 Å². The second-order valence-electron chi connectivity index (χ2n) is 3.90. The first-order valence-corrected chi connectivity index (χ1v) is 6.35. The fourth-order valence-corrected chi connectivity index (χ4v) is 2.72. The standard InChI is InChI=1S/C11H15FN2O2S/c1-8(2)7-14(3)17(15,16)11-6-9(12)4-5-10(11)13/h4-6H,1,7,13H2,2-3H3. The maximum Gasteiger partial charge on any atom is 0.245 e. The van der Waals surface area contributed by atoms with Gasteiger partial charge in [0.05, 0.1) is 5.69 Å². The number of rotatable bonds is 4. The second kappa shape index (κ2) is 4.85. The van der Waals surface area contributed by atoms with E-state index in [1.54, 1.807) is 6.92 Å². The maximum absolute atomic E-state index is 13.0. The highest BCUT2D eigenvalue weighted by Crippen LogP contribution is 2.22. The summed E-state index contributed by atoms with van der Waals surface area (Å²) in [6.45, 7) is 5.51. The monoisotopic (exact) mass is 258 g/mol. The maximum atomic E-state index is 13.0. The van der Waals surface area contributed by atoms with Gasteiger partial charge in [0.25, 0.3) is 0 Å². The molecule has 0 saturated heterocycles. The lowest BCUT2D eigenvalue weighted by atomic mass is 10.3. The average molecular weight is 258 g/mol. The van der Waals surface area contributed by atoms with Crippen molar-refractivity contribution in [2.45, 2.75) is 11.8 Å². The Kier molecular flexibility index (Phi) is 3.90. The zero-order chi connectivity index (χ0) is 13.2. The van der Waals surface area contributed by atoms with E-state index in [-0.39, 0.29) is 17.1 Å². The highest BCUT2D eigenvalue weighted by Gasteiger charge is 2.23. The Hall–Kier alpha value is -1.40. The first kappa shape index (κ1) is 13.7. The fraction of sp³-hybridized carbons (Fsp3) is 0.273. The average Bonchev–Trinajstić information content (AvgIpc) is 2.20. The van der Waals surface area contributed by atoms with Crippen LogP contribution in [0, 0.1) is 5.82 Å². The van der Waals surface area contributed by atoms with Crippen molar-refractivity contribution in [3.8, 4) is 0 Å². The van der Waals surface area contributed by atoms with Crippen molar-refractivity contribution in [2.75, 3.05) is 19.3 Å². The van der Waals surface area contributed by atoms with Gasteiger partial charge in [0.2, 0.25) is 10.0 Å². The van der Waals surface area contributed by atoms with Gasteiger partial charge in [-0.05, 0) is 25.1 Å². The van der Waals surface area contributed by atoms with Crippen LogP contribution in [0.3, 0.4) is 0 Å². The minimum Gasteiger partial charge on any atom is -0.398 e. The molecule has 4 nitrogen and oxygen atoms in total. The van der Waals surface area contributed by atoms with Crippen molar-refractivity contribution in [2.24, 2.45) is 0 Å². The van der Waals surface area contributed by atoms with Crippen LogP contribution in [0.4, 0.5) is 10.1 Å². The molecule has 0 spiro atoms. The SMILES string of the molecule is C=C(C)CN(C)S(=O)(=O)c1cc(F)ccc1N.